The lowest BCUT2D eigenvalue weighted by molar-refractivity contribution is -0.385. The molecule has 21 heavy (non-hydrogen) atoms. The van der Waals surface area contributed by atoms with Gasteiger partial charge in [-0.2, -0.15) is 0 Å². The van der Waals surface area contributed by atoms with Crippen LogP contribution in [0.4, 0.5) is 5.69 Å². The highest BCUT2D eigenvalue weighted by molar-refractivity contribution is 5.98. The first-order chi connectivity index (χ1) is 9.88. The van der Waals surface area contributed by atoms with Gasteiger partial charge in [0.25, 0.3) is 5.69 Å². The van der Waals surface area contributed by atoms with Gasteiger partial charge < -0.3 is 0 Å². The quantitative estimate of drug-likeness (QED) is 0.485. The van der Waals surface area contributed by atoms with E-state index in [1.165, 1.54) is 12.1 Å². The zero-order chi connectivity index (χ0) is 15.6. The molecule has 0 radical (unpaired) electrons. The molecule has 0 aromatic heterocycles. The van der Waals surface area contributed by atoms with Crippen molar-refractivity contribution < 1.29 is 9.72 Å². The first-order valence-corrected chi connectivity index (χ1v) is 6.73. The fourth-order valence-electron chi connectivity index (χ4n) is 2.30. The minimum atomic E-state index is -0.436. The van der Waals surface area contributed by atoms with Gasteiger partial charge in [-0.1, -0.05) is 23.8 Å². The normalized spacial score (nSPS) is 10.4. The monoisotopic (exact) mass is 283 g/mol. The summed E-state index contributed by atoms with van der Waals surface area (Å²) in [5.41, 5.74) is 4.25. The predicted octanol–water partition coefficient (Wildman–Crippen LogP) is 3.95. The molecule has 0 amide bonds. The molecule has 2 rings (SSSR count). The Hall–Kier alpha value is -2.49. The lowest BCUT2D eigenvalue weighted by Crippen LogP contribution is -2.06. The molecular weight excluding hydrogens is 266 g/mol. The Kier molecular flexibility index (Phi) is 4.17. The Bertz CT molecular complexity index is 720. The number of nitro benzene ring substituents is 1. The Balaban J connectivity index is 2.26. The zero-order valence-corrected chi connectivity index (χ0v) is 12.3. The fraction of sp³-hybridized carbons (Fsp3) is 0.235. The highest BCUT2D eigenvalue weighted by Crippen LogP contribution is 2.20. The highest BCUT2D eigenvalue weighted by Gasteiger charge is 2.14. The molecule has 0 unspecified atom stereocenters. The zero-order valence-electron chi connectivity index (χ0n) is 12.3. The molecule has 0 N–H and O–H groups in total. The third kappa shape index (κ3) is 3.34. The molecule has 0 atom stereocenters. The molecule has 4 nitrogen and oxygen atoms in total. The number of nitro groups is 1. The minimum absolute atomic E-state index is 0.0262. The third-order valence-electron chi connectivity index (χ3n) is 3.57. The van der Waals surface area contributed by atoms with Crippen molar-refractivity contribution in [3.63, 3.8) is 0 Å². The fourth-order valence-corrected chi connectivity index (χ4v) is 2.30. The van der Waals surface area contributed by atoms with Crippen LogP contribution >= 0.6 is 0 Å². The summed E-state index contributed by atoms with van der Waals surface area (Å²) in [5.74, 6) is -0.0262. The SMILES string of the molecule is Cc1ccc(C)c(CC(=O)c2ccc([N+](=O)[O-])c(C)c2)c1. The summed E-state index contributed by atoms with van der Waals surface area (Å²) in [5, 5.41) is 10.8. The number of rotatable bonds is 4. The Morgan fingerprint density at radius 3 is 2.38 bits per heavy atom. The summed E-state index contributed by atoms with van der Waals surface area (Å²) < 4.78 is 0. The van der Waals surface area contributed by atoms with Crippen molar-refractivity contribution in [2.45, 2.75) is 27.2 Å². The van der Waals surface area contributed by atoms with Crippen LogP contribution in [-0.2, 0) is 6.42 Å². The van der Waals surface area contributed by atoms with Gasteiger partial charge in [-0.25, -0.2) is 0 Å². The van der Waals surface area contributed by atoms with Gasteiger partial charge in [0.15, 0.2) is 5.78 Å². The number of nitrogens with zero attached hydrogens (tertiary/aromatic N) is 1. The van der Waals surface area contributed by atoms with Gasteiger partial charge >= 0.3 is 0 Å². The smallest absolute Gasteiger partial charge is 0.272 e. The Labute approximate surface area is 123 Å². The van der Waals surface area contributed by atoms with Crippen molar-refractivity contribution in [3.8, 4) is 0 Å². The average molecular weight is 283 g/mol. The molecule has 4 heteroatoms. The molecule has 0 aliphatic rings. The first kappa shape index (κ1) is 14.9. The molecule has 0 fully saturated rings. The largest absolute Gasteiger partial charge is 0.294 e. The van der Waals surface area contributed by atoms with Crippen LogP contribution < -0.4 is 0 Å². The van der Waals surface area contributed by atoms with Crippen molar-refractivity contribution in [1.29, 1.82) is 0 Å². The van der Waals surface area contributed by atoms with E-state index in [0.29, 0.717) is 17.5 Å². The van der Waals surface area contributed by atoms with Gasteiger partial charge in [-0.15, -0.1) is 0 Å². The topological polar surface area (TPSA) is 60.2 Å². The summed E-state index contributed by atoms with van der Waals surface area (Å²) in [7, 11) is 0. The number of aryl methyl sites for hydroxylation is 3. The van der Waals surface area contributed by atoms with E-state index in [0.717, 1.165) is 16.7 Å². The van der Waals surface area contributed by atoms with Crippen LogP contribution in [0.5, 0.6) is 0 Å². The van der Waals surface area contributed by atoms with Gasteiger partial charge in [0.05, 0.1) is 4.92 Å². The van der Waals surface area contributed by atoms with E-state index in [9.17, 15) is 14.9 Å². The van der Waals surface area contributed by atoms with Crippen LogP contribution in [0.15, 0.2) is 36.4 Å². The lowest BCUT2D eigenvalue weighted by atomic mass is 9.97. The molecule has 0 saturated carbocycles. The second-order valence-electron chi connectivity index (χ2n) is 5.29. The van der Waals surface area contributed by atoms with Crippen molar-refractivity contribution in [3.05, 3.63) is 74.3 Å². The van der Waals surface area contributed by atoms with Crippen molar-refractivity contribution in [2.75, 3.05) is 0 Å². The number of benzene rings is 2. The molecule has 108 valence electrons. The third-order valence-corrected chi connectivity index (χ3v) is 3.57. The van der Waals surface area contributed by atoms with Crippen LogP contribution in [0.2, 0.25) is 0 Å². The van der Waals surface area contributed by atoms with E-state index in [-0.39, 0.29) is 11.5 Å². The Morgan fingerprint density at radius 1 is 1.05 bits per heavy atom. The molecule has 0 spiro atoms. The van der Waals surface area contributed by atoms with Gasteiger partial charge in [0.2, 0.25) is 0 Å². The van der Waals surface area contributed by atoms with Gasteiger partial charge in [-0.05, 0) is 44.0 Å². The maximum absolute atomic E-state index is 12.3. The van der Waals surface area contributed by atoms with Crippen LogP contribution in [0.1, 0.15) is 32.6 Å². The molecule has 0 heterocycles. The Morgan fingerprint density at radius 2 is 1.76 bits per heavy atom. The van der Waals surface area contributed by atoms with E-state index >= 15 is 0 Å². The average Bonchev–Trinajstić information content (AvgIpc) is 2.42. The van der Waals surface area contributed by atoms with E-state index in [4.69, 9.17) is 0 Å². The summed E-state index contributed by atoms with van der Waals surface area (Å²) in [4.78, 5) is 22.7. The van der Waals surface area contributed by atoms with Gasteiger partial charge in [-0.3, -0.25) is 14.9 Å². The summed E-state index contributed by atoms with van der Waals surface area (Å²) in [6, 6.07) is 10.5. The van der Waals surface area contributed by atoms with Crippen molar-refractivity contribution >= 4 is 11.5 Å². The molecule has 0 aliphatic carbocycles. The lowest BCUT2D eigenvalue weighted by Gasteiger charge is -2.07. The molecular formula is C17H17NO3. The van der Waals surface area contributed by atoms with Gasteiger partial charge in [0.1, 0.15) is 0 Å². The van der Waals surface area contributed by atoms with Crippen LogP contribution in [0.25, 0.3) is 0 Å². The molecule has 2 aromatic rings. The maximum atomic E-state index is 12.3. The van der Waals surface area contributed by atoms with Crippen LogP contribution in [-0.4, -0.2) is 10.7 Å². The molecule has 0 bridgehead atoms. The standard InChI is InChI=1S/C17H17NO3/c1-11-4-5-12(2)15(8-11)10-17(19)14-6-7-16(18(20)21)13(3)9-14/h4-9H,10H2,1-3H3. The number of ketones is 1. The van der Waals surface area contributed by atoms with E-state index < -0.39 is 4.92 Å². The van der Waals surface area contributed by atoms with Crippen molar-refractivity contribution in [1.82, 2.24) is 0 Å². The highest BCUT2D eigenvalue weighted by atomic mass is 16.6. The predicted molar refractivity (Wildman–Crippen MR) is 81.8 cm³/mol. The number of carbonyl (C=O) groups excluding carboxylic acids is 1. The number of carbonyl (C=O) groups is 1. The minimum Gasteiger partial charge on any atom is -0.294 e. The second-order valence-corrected chi connectivity index (χ2v) is 5.29. The van der Waals surface area contributed by atoms with E-state index in [1.54, 1.807) is 13.0 Å². The van der Waals surface area contributed by atoms with Gasteiger partial charge in [0, 0.05) is 23.6 Å². The summed E-state index contributed by atoms with van der Waals surface area (Å²) >= 11 is 0. The van der Waals surface area contributed by atoms with Crippen molar-refractivity contribution in [2.24, 2.45) is 0 Å². The number of Topliss-reactive ketones (excluding diaryl/α,β-unsaturated/α-hetero) is 1. The summed E-state index contributed by atoms with van der Waals surface area (Å²) in [6.07, 6.45) is 0.310. The maximum Gasteiger partial charge on any atom is 0.272 e. The number of hydrogen-bond donors (Lipinski definition) is 0. The second kappa shape index (κ2) is 5.87. The van der Waals surface area contributed by atoms with Crippen LogP contribution in [0, 0.1) is 30.9 Å². The first-order valence-electron chi connectivity index (χ1n) is 6.73. The van der Waals surface area contributed by atoms with E-state index in [2.05, 4.69) is 0 Å². The van der Waals surface area contributed by atoms with Crippen LogP contribution in [0.3, 0.4) is 0 Å². The number of hydrogen-bond acceptors (Lipinski definition) is 3. The molecule has 2 aromatic carbocycles. The molecule has 0 aliphatic heterocycles. The van der Waals surface area contributed by atoms with E-state index in [1.807, 2.05) is 32.0 Å². The molecule has 0 saturated heterocycles. The summed E-state index contributed by atoms with van der Waals surface area (Å²) in [6.45, 7) is 5.61.